The molecule has 2 heterocycles. The standard InChI is InChI=1S/C20H26N4O2/c1-23(11-15-6-8-22-9-7-15)14-20(25)24-12-18(19(21)13-24)16-4-3-5-17(10-16)26-2/h3-10,18-19H,11-14,21H2,1-2H3/t18-,19+/m1/s1. The van der Waals surface area contributed by atoms with Gasteiger partial charge in [-0.2, -0.15) is 0 Å². The van der Waals surface area contributed by atoms with Crippen LogP contribution >= 0.6 is 0 Å². The number of hydrogen-bond acceptors (Lipinski definition) is 5. The molecule has 2 aromatic rings. The Hall–Kier alpha value is -2.44. The highest BCUT2D eigenvalue weighted by Crippen LogP contribution is 2.28. The molecule has 0 aliphatic carbocycles. The van der Waals surface area contributed by atoms with E-state index in [-0.39, 0.29) is 17.9 Å². The zero-order chi connectivity index (χ0) is 18.5. The van der Waals surface area contributed by atoms with E-state index in [4.69, 9.17) is 10.5 Å². The summed E-state index contributed by atoms with van der Waals surface area (Å²) in [4.78, 5) is 20.6. The molecule has 0 saturated carbocycles. The van der Waals surface area contributed by atoms with E-state index >= 15 is 0 Å². The van der Waals surface area contributed by atoms with Gasteiger partial charge in [0.15, 0.2) is 0 Å². The van der Waals surface area contributed by atoms with Crippen molar-refractivity contribution in [3.8, 4) is 5.75 Å². The number of likely N-dealkylation sites (tertiary alicyclic amines) is 1. The summed E-state index contributed by atoms with van der Waals surface area (Å²) in [5, 5.41) is 0. The quantitative estimate of drug-likeness (QED) is 0.851. The van der Waals surface area contributed by atoms with Gasteiger partial charge in [0.1, 0.15) is 5.75 Å². The van der Waals surface area contributed by atoms with Crippen molar-refractivity contribution in [2.24, 2.45) is 5.73 Å². The third kappa shape index (κ3) is 4.39. The number of pyridine rings is 1. The molecule has 1 aromatic heterocycles. The van der Waals surface area contributed by atoms with Crippen molar-refractivity contribution in [2.45, 2.75) is 18.5 Å². The molecule has 6 heteroatoms. The molecule has 0 unspecified atom stereocenters. The van der Waals surface area contributed by atoms with E-state index in [2.05, 4.69) is 11.1 Å². The van der Waals surface area contributed by atoms with Crippen LogP contribution in [0.1, 0.15) is 17.0 Å². The normalized spacial score (nSPS) is 19.8. The van der Waals surface area contributed by atoms with Crippen molar-refractivity contribution in [2.75, 3.05) is 33.8 Å². The fraction of sp³-hybridized carbons (Fsp3) is 0.400. The van der Waals surface area contributed by atoms with Crippen LogP contribution in [0.15, 0.2) is 48.8 Å². The Balaban J connectivity index is 1.59. The molecule has 2 N–H and O–H groups in total. The number of carbonyl (C=O) groups is 1. The number of ether oxygens (including phenoxy) is 1. The zero-order valence-corrected chi connectivity index (χ0v) is 15.3. The van der Waals surface area contributed by atoms with E-state index in [0.29, 0.717) is 26.2 Å². The molecule has 0 spiro atoms. The molecule has 0 radical (unpaired) electrons. The number of benzene rings is 1. The van der Waals surface area contributed by atoms with Gasteiger partial charge in [-0.15, -0.1) is 0 Å². The summed E-state index contributed by atoms with van der Waals surface area (Å²) < 4.78 is 5.30. The Labute approximate surface area is 154 Å². The number of nitrogens with two attached hydrogens (primary N) is 1. The maximum Gasteiger partial charge on any atom is 0.236 e. The van der Waals surface area contributed by atoms with Gasteiger partial charge in [0.2, 0.25) is 5.91 Å². The fourth-order valence-corrected chi connectivity index (χ4v) is 3.44. The van der Waals surface area contributed by atoms with Crippen LogP contribution in [0.5, 0.6) is 5.75 Å². The Morgan fingerprint density at radius 2 is 2.08 bits per heavy atom. The summed E-state index contributed by atoms with van der Waals surface area (Å²) in [5.74, 6) is 1.07. The SMILES string of the molecule is COc1cccc([C@H]2CN(C(=O)CN(C)Cc3ccncc3)C[C@@H]2N)c1. The molecule has 2 atom stereocenters. The minimum Gasteiger partial charge on any atom is -0.497 e. The molecule has 1 aromatic carbocycles. The fourth-order valence-electron chi connectivity index (χ4n) is 3.44. The number of amides is 1. The first-order chi connectivity index (χ1) is 12.6. The number of likely N-dealkylation sites (N-methyl/N-ethyl adjacent to an activating group) is 1. The predicted molar refractivity (Wildman–Crippen MR) is 101 cm³/mol. The van der Waals surface area contributed by atoms with Crippen molar-refractivity contribution in [3.05, 3.63) is 59.9 Å². The van der Waals surface area contributed by atoms with Crippen LogP contribution in [0, 0.1) is 0 Å². The zero-order valence-electron chi connectivity index (χ0n) is 15.3. The molecule has 1 amide bonds. The third-order valence-electron chi connectivity index (χ3n) is 4.85. The van der Waals surface area contributed by atoms with Crippen LogP contribution in [0.25, 0.3) is 0 Å². The van der Waals surface area contributed by atoms with Crippen LogP contribution in [0.4, 0.5) is 0 Å². The number of rotatable bonds is 6. The van der Waals surface area contributed by atoms with Gasteiger partial charge in [-0.3, -0.25) is 14.7 Å². The molecular weight excluding hydrogens is 328 g/mol. The van der Waals surface area contributed by atoms with Gasteiger partial charge in [-0.05, 0) is 42.4 Å². The molecule has 3 rings (SSSR count). The molecule has 1 fully saturated rings. The van der Waals surface area contributed by atoms with Gasteiger partial charge >= 0.3 is 0 Å². The average molecular weight is 354 g/mol. The van der Waals surface area contributed by atoms with Crippen molar-refractivity contribution in [1.29, 1.82) is 0 Å². The summed E-state index contributed by atoms with van der Waals surface area (Å²) in [6.45, 7) is 2.33. The molecule has 1 saturated heterocycles. The van der Waals surface area contributed by atoms with Gasteiger partial charge in [0.05, 0.1) is 13.7 Å². The van der Waals surface area contributed by atoms with E-state index in [9.17, 15) is 4.79 Å². The monoisotopic (exact) mass is 354 g/mol. The van der Waals surface area contributed by atoms with E-state index in [1.54, 1.807) is 19.5 Å². The minimum atomic E-state index is -0.0587. The molecule has 6 nitrogen and oxygen atoms in total. The summed E-state index contributed by atoms with van der Waals surface area (Å²) in [6.07, 6.45) is 3.53. The summed E-state index contributed by atoms with van der Waals surface area (Å²) >= 11 is 0. The lowest BCUT2D eigenvalue weighted by atomic mass is 9.95. The molecule has 26 heavy (non-hydrogen) atoms. The van der Waals surface area contributed by atoms with E-state index in [1.807, 2.05) is 47.2 Å². The maximum absolute atomic E-state index is 12.7. The first-order valence-corrected chi connectivity index (χ1v) is 8.81. The number of methoxy groups -OCH3 is 1. The van der Waals surface area contributed by atoms with Crippen molar-refractivity contribution in [3.63, 3.8) is 0 Å². The van der Waals surface area contributed by atoms with Crippen molar-refractivity contribution in [1.82, 2.24) is 14.8 Å². The highest BCUT2D eigenvalue weighted by atomic mass is 16.5. The molecular formula is C20H26N4O2. The molecule has 138 valence electrons. The second-order valence-electron chi connectivity index (χ2n) is 6.87. The first kappa shape index (κ1) is 18.4. The van der Waals surface area contributed by atoms with Crippen LogP contribution in [0.3, 0.4) is 0 Å². The van der Waals surface area contributed by atoms with Crippen LogP contribution in [-0.4, -0.2) is 60.5 Å². The van der Waals surface area contributed by atoms with E-state index in [0.717, 1.165) is 16.9 Å². The lowest BCUT2D eigenvalue weighted by Crippen LogP contribution is -2.38. The largest absolute Gasteiger partial charge is 0.497 e. The number of nitrogens with zero attached hydrogens (tertiary/aromatic N) is 3. The highest BCUT2D eigenvalue weighted by molar-refractivity contribution is 5.78. The second kappa shape index (κ2) is 8.29. The van der Waals surface area contributed by atoms with Gasteiger partial charge in [0.25, 0.3) is 0 Å². The molecule has 1 aliphatic rings. The van der Waals surface area contributed by atoms with Gasteiger partial charge in [-0.1, -0.05) is 12.1 Å². The summed E-state index contributed by atoms with van der Waals surface area (Å²) in [5.41, 5.74) is 8.59. The minimum absolute atomic E-state index is 0.0587. The lowest BCUT2D eigenvalue weighted by molar-refractivity contribution is -0.131. The smallest absolute Gasteiger partial charge is 0.236 e. The number of hydrogen-bond donors (Lipinski definition) is 1. The van der Waals surface area contributed by atoms with Gasteiger partial charge in [0, 0.05) is 44.0 Å². The lowest BCUT2D eigenvalue weighted by Gasteiger charge is -2.21. The molecule has 1 aliphatic heterocycles. The van der Waals surface area contributed by atoms with Gasteiger partial charge < -0.3 is 15.4 Å². The average Bonchev–Trinajstić information content (AvgIpc) is 3.04. The molecule has 0 bridgehead atoms. The van der Waals surface area contributed by atoms with Crippen LogP contribution in [-0.2, 0) is 11.3 Å². The second-order valence-corrected chi connectivity index (χ2v) is 6.87. The topological polar surface area (TPSA) is 71.7 Å². The predicted octanol–water partition coefficient (Wildman–Crippen LogP) is 1.48. The summed E-state index contributed by atoms with van der Waals surface area (Å²) in [6, 6.07) is 11.8. The van der Waals surface area contributed by atoms with Crippen LogP contribution in [0.2, 0.25) is 0 Å². The van der Waals surface area contributed by atoms with E-state index < -0.39 is 0 Å². The van der Waals surface area contributed by atoms with Crippen molar-refractivity contribution >= 4 is 5.91 Å². The van der Waals surface area contributed by atoms with Crippen molar-refractivity contribution < 1.29 is 9.53 Å². The Bertz CT molecular complexity index is 738. The first-order valence-electron chi connectivity index (χ1n) is 8.81. The number of aromatic nitrogens is 1. The van der Waals surface area contributed by atoms with Crippen LogP contribution < -0.4 is 10.5 Å². The van der Waals surface area contributed by atoms with Gasteiger partial charge in [-0.25, -0.2) is 0 Å². The Morgan fingerprint density at radius 3 is 2.81 bits per heavy atom. The number of carbonyl (C=O) groups excluding carboxylic acids is 1. The van der Waals surface area contributed by atoms with E-state index in [1.165, 1.54) is 0 Å². The Morgan fingerprint density at radius 1 is 1.31 bits per heavy atom. The summed E-state index contributed by atoms with van der Waals surface area (Å²) in [7, 11) is 3.61. The highest BCUT2D eigenvalue weighted by Gasteiger charge is 2.34. The third-order valence-corrected chi connectivity index (χ3v) is 4.85. The Kier molecular flexibility index (Phi) is 5.85. The maximum atomic E-state index is 12.7.